The number of nitrogens with one attached hydrogen (secondary N) is 2. The van der Waals surface area contributed by atoms with E-state index in [0.29, 0.717) is 17.5 Å². The molecule has 0 atom stereocenters. The Morgan fingerprint density at radius 1 is 1.24 bits per heavy atom. The molecule has 0 spiro atoms. The Labute approximate surface area is 172 Å². The van der Waals surface area contributed by atoms with Crippen LogP contribution in [-0.4, -0.2) is 39.3 Å². The van der Waals surface area contributed by atoms with Crippen molar-refractivity contribution in [2.24, 2.45) is 0 Å². The maximum atomic E-state index is 10.5. The summed E-state index contributed by atoms with van der Waals surface area (Å²) in [6.07, 6.45) is 6.21. The molecule has 150 valence electrons. The highest BCUT2D eigenvalue weighted by atomic mass is 32.1. The van der Waals surface area contributed by atoms with E-state index < -0.39 is 5.60 Å². The molecule has 0 amide bonds. The van der Waals surface area contributed by atoms with E-state index in [1.54, 1.807) is 18.5 Å². The summed E-state index contributed by atoms with van der Waals surface area (Å²) in [6, 6.07) is 7.46. The third-order valence-corrected chi connectivity index (χ3v) is 6.48. The van der Waals surface area contributed by atoms with Gasteiger partial charge in [-0.05, 0) is 43.0 Å². The van der Waals surface area contributed by atoms with Crippen LogP contribution in [0.15, 0.2) is 36.7 Å². The highest BCUT2D eigenvalue weighted by Gasteiger charge is 2.39. The summed E-state index contributed by atoms with van der Waals surface area (Å²) >= 11 is 1.51. The van der Waals surface area contributed by atoms with Gasteiger partial charge in [0.25, 0.3) is 0 Å². The zero-order valence-electron chi connectivity index (χ0n) is 15.8. The normalized spacial score (nSPS) is 18.0. The summed E-state index contributed by atoms with van der Waals surface area (Å²) in [7, 11) is 0. The van der Waals surface area contributed by atoms with Crippen LogP contribution in [0, 0.1) is 0 Å². The SMILES string of the molecule is Nc1cc(Nc2nccc(OC3CNC3)n2)cc(-c2cnc(C3(O)CCC3)s2)c1. The smallest absolute Gasteiger partial charge is 0.230 e. The van der Waals surface area contributed by atoms with Gasteiger partial charge in [-0.3, -0.25) is 0 Å². The highest BCUT2D eigenvalue weighted by Crippen LogP contribution is 2.44. The molecule has 1 aliphatic heterocycles. The van der Waals surface area contributed by atoms with Crippen molar-refractivity contribution < 1.29 is 9.84 Å². The molecule has 2 aromatic heterocycles. The summed E-state index contributed by atoms with van der Waals surface area (Å²) in [6.45, 7) is 1.66. The van der Waals surface area contributed by atoms with Crippen LogP contribution in [0.5, 0.6) is 5.88 Å². The number of benzene rings is 1. The molecule has 0 radical (unpaired) electrons. The number of rotatable bonds is 6. The van der Waals surface area contributed by atoms with Crippen LogP contribution in [0.2, 0.25) is 0 Å². The molecule has 3 aromatic rings. The first kappa shape index (κ1) is 18.3. The molecule has 1 saturated carbocycles. The zero-order chi connectivity index (χ0) is 19.8. The first-order valence-electron chi connectivity index (χ1n) is 9.64. The summed E-state index contributed by atoms with van der Waals surface area (Å²) in [5.74, 6) is 0.985. The molecule has 5 N–H and O–H groups in total. The largest absolute Gasteiger partial charge is 0.472 e. The Kier molecular flexibility index (Phi) is 4.57. The van der Waals surface area contributed by atoms with Crippen LogP contribution in [-0.2, 0) is 5.60 Å². The molecule has 1 aromatic carbocycles. The fourth-order valence-electron chi connectivity index (χ4n) is 3.33. The van der Waals surface area contributed by atoms with Crippen LogP contribution >= 0.6 is 11.3 Å². The van der Waals surface area contributed by atoms with Gasteiger partial charge in [-0.2, -0.15) is 4.98 Å². The van der Waals surface area contributed by atoms with Crippen molar-refractivity contribution in [3.05, 3.63) is 41.7 Å². The van der Waals surface area contributed by atoms with Crippen molar-refractivity contribution in [1.29, 1.82) is 0 Å². The maximum Gasteiger partial charge on any atom is 0.230 e. The molecule has 8 nitrogen and oxygen atoms in total. The first-order chi connectivity index (χ1) is 14.1. The van der Waals surface area contributed by atoms with Crippen LogP contribution in [0.25, 0.3) is 10.4 Å². The molecule has 2 aliphatic rings. The molecule has 0 unspecified atom stereocenters. The molecule has 1 saturated heterocycles. The average molecular weight is 411 g/mol. The molecule has 2 fully saturated rings. The second-order valence-electron chi connectivity index (χ2n) is 7.50. The third-order valence-electron chi connectivity index (χ3n) is 5.24. The Balaban J connectivity index is 1.36. The van der Waals surface area contributed by atoms with E-state index in [-0.39, 0.29) is 6.10 Å². The van der Waals surface area contributed by atoms with Gasteiger partial charge < -0.3 is 26.2 Å². The van der Waals surface area contributed by atoms with Crippen molar-refractivity contribution in [2.45, 2.75) is 31.0 Å². The molecule has 3 heterocycles. The van der Waals surface area contributed by atoms with E-state index in [4.69, 9.17) is 10.5 Å². The lowest BCUT2D eigenvalue weighted by Crippen LogP contribution is -2.50. The van der Waals surface area contributed by atoms with Gasteiger partial charge in [0.2, 0.25) is 11.8 Å². The quantitative estimate of drug-likeness (QED) is 0.458. The number of ether oxygens (including phenoxy) is 1. The number of aliphatic hydroxyl groups is 1. The van der Waals surface area contributed by atoms with Gasteiger partial charge in [0.05, 0.1) is 4.88 Å². The van der Waals surface area contributed by atoms with Crippen LogP contribution in [0.3, 0.4) is 0 Å². The Bertz CT molecular complexity index is 1030. The Hall–Kier alpha value is -2.75. The number of hydrogen-bond donors (Lipinski definition) is 4. The Morgan fingerprint density at radius 2 is 2.10 bits per heavy atom. The second kappa shape index (κ2) is 7.25. The Morgan fingerprint density at radius 3 is 2.83 bits per heavy atom. The number of anilines is 3. The van der Waals surface area contributed by atoms with Gasteiger partial charge in [-0.25, -0.2) is 9.97 Å². The van der Waals surface area contributed by atoms with E-state index in [1.165, 1.54) is 11.3 Å². The molecular formula is C20H22N6O2S. The predicted octanol–water partition coefficient (Wildman–Crippen LogP) is 2.65. The molecular weight excluding hydrogens is 388 g/mol. The standard InChI is InChI=1S/C20H22N6O2S/c21-13-6-12(16-11-24-18(29-16)20(27)3-1-4-20)7-14(8-13)25-19-23-5-2-17(26-19)28-15-9-22-10-15/h2,5-8,11,15,22,27H,1,3-4,9-10,21H2,(H,23,25,26). The average Bonchev–Trinajstić information content (AvgIpc) is 3.13. The van der Waals surface area contributed by atoms with Gasteiger partial charge in [-0.15, -0.1) is 11.3 Å². The molecule has 9 heteroatoms. The van der Waals surface area contributed by atoms with E-state index in [1.807, 2.05) is 18.2 Å². The molecule has 29 heavy (non-hydrogen) atoms. The van der Waals surface area contributed by atoms with E-state index in [2.05, 4.69) is 25.6 Å². The fourth-order valence-corrected chi connectivity index (χ4v) is 4.38. The fraction of sp³-hybridized carbons (Fsp3) is 0.350. The van der Waals surface area contributed by atoms with E-state index >= 15 is 0 Å². The number of thiazole rings is 1. The van der Waals surface area contributed by atoms with Gasteiger partial charge in [0.1, 0.15) is 16.7 Å². The van der Waals surface area contributed by atoms with Gasteiger partial charge in [-0.1, -0.05) is 0 Å². The summed E-state index contributed by atoms with van der Waals surface area (Å²) < 4.78 is 5.79. The van der Waals surface area contributed by atoms with Gasteiger partial charge in [0.15, 0.2) is 0 Å². The maximum absolute atomic E-state index is 10.5. The van der Waals surface area contributed by atoms with Gasteiger partial charge >= 0.3 is 0 Å². The minimum atomic E-state index is -0.755. The number of hydrogen-bond acceptors (Lipinski definition) is 9. The summed E-state index contributed by atoms with van der Waals surface area (Å²) in [5.41, 5.74) is 7.70. The van der Waals surface area contributed by atoms with Crippen LogP contribution in [0.1, 0.15) is 24.3 Å². The first-order valence-corrected chi connectivity index (χ1v) is 10.5. The van der Waals surface area contributed by atoms with E-state index in [9.17, 15) is 5.11 Å². The van der Waals surface area contributed by atoms with Gasteiger partial charge in [0, 0.05) is 42.9 Å². The van der Waals surface area contributed by atoms with E-state index in [0.717, 1.165) is 53.5 Å². The predicted molar refractivity (Wildman–Crippen MR) is 112 cm³/mol. The zero-order valence-corrected chi connectivity index (χ0v) is 16.6. The van der Waals surface area contributed by atoms with Crippen molar-refractivity contribution >= 4 is 28.7 Å². The summed E-state index contributed by atoms with van der Waals surface area (Å²) in [5, 5.41) is 17.7. The van der Waals surface area contributed by atoms with Crippen molar-refractivity contribution in [1.82, 2.24) is 20.3 Å². The monoisotopic (exact) mass is 410 g/mol. The minimum Gasteiger partial charge on any atom is -0.472 e. The molecule has 5 rings (SSSR count). The van der Waals surface area contributed by atoms with Crippen molar-refractivity contribution in [3.8, 4) is 16.3 Å². The lowest BCUT2D eigenvalue weighted by atomic mass is 9.81. The molecule has 0 bridgehead atoms. The van der Waals surface area contributed by atoms with Crippen molar-refractivity contribution in [2.75, 3.05) is 24.1 Å². The lowest BCUT2D eigenvalue weighted by molar-refractivity contribution is -0.0389. The lowest BCUT2D eigenvalue weighted by Gasteiger charge is -2.34. The number of aromatic nitrogens is 3. The number of nitrogen functional groups attached to an aromatic ring is 1. The molecule has 1 aliphatic carbocycles. The third kappa shape index (κ3) is 3.76. The van der Waals surface area contributed by atoms with Crippen molar-refractivity contribution in [3.63, 3.8) is 0 Å². The highest BCUT2D eigenvalue weighted by molar-refractivity contribution is 7.15. The van der Waals surface area contributed by atoms with Crippen LogP contribution in [0.4, 0.5) is 17.3 Å². The van der Waals surface area contributed by atoms with Crippen LogP contribution < -0.4 is 21.1 Å². The topological polar surface area (TPSA) is 118 Å². The number of nitrogens with two attached hydrogens (primary N) is 1. The second-order valence-corrected chi connectivity index (χ2v) is 8.53. The summed E-state index contributed by atoms with van der Waals surface area (Å²) in [4.78, 5) is 14.1. The minimum absolute atomic E-state index is 0.155. The number of nitrogens with zero attached hydrogens (tertiary/aromatic N) is 3.